The molecule has 1 aliphatic carbocycles. The van der Waals surface area contributed by atoms with Crippen LogP contribution in [0.2, 0.25) is 0 Å². The molecule has 0 aliphatic heterocycles. The summed E-state index contributed by atoms with van der Waals surface area (Å²) in [5, 5.41) is 3.31. The summed E-state index contributed by atoms with van der Waals surface area (Å²) in [6.45, 7) is 0. The molecule has 0 aromatic heterocycles. The number of nitrogens with one attached hydrogen (secondary N) is 1. The second kappa shape index (κ2) is 5.12. The molecule has 0 spiro atoms. The van der Waals surface area contributed by atoms with E-state index in [0.717, 1.165) is 25.2 Å². The van der Waals surface area contributed by atoms with Crippen LogP contribution >= 0.6 is 0 Å². The Morgan fingerprint density at radius 2 is 2.00 bits per heavy atom. The third-order valence-corrected chi connectivity index (χ3v) is 3.87. The molecule has 1 rings (SSSR count). The van der Waals surface area contributed by atoms with E-state index in [2.05, 4.69) is 5.32 Å². The highest BCUT2D eigenvalue weighted by Gasteiger charge is 2.29. The zero-order valence-corrected chi connectivity index (χ0v) is 9.94. The zero-order chi connectivity index (χ0) is 10.6. The smallest absolute Gasteiger partial charge is 0.147 e. The largest absolute Gasteiger partial charge is 0.317 e. The van der Waals surface area contributed by atoms with Gasteiger partial charge in [0, 0.05) is 18.1 Å². The third kappa shape index (κ3) is 4.96. The number of hydrogen-bond acceptors (Lipinski definition) is 3. The van der Waals surface area contributed by atoms with Crippen molar-refractivity contribution >= 4 is 9.84 Å². The summed E-state index contributed by atoms with van der Waals surface area (Å²) in [5.74, 6) is 1.20. The highest BCUT2D eigenvalue weighted by molar-refractivity contribution is 7.90. The van der Waals surface area contributed by atoms with E-state index in [4.69, 9.17) is 0 Å². The van der Waals surface area contributed by atoms with Gasteiger partial charge in [-0.2, -0.15) is 0 Å². The van der Waals surface area contributed by atoms with Crippen molar-refractivity contribution in [2.75, 3.05) is 19.1 Å². The molecule has 0 bridgehead atoms. The fourth-order valence-electron chi connectivity index (χ4n) is 1.84. The average molecular weight is 219 g/mol. The lowest BCUT2D eigenvalue weighted by Gasteiger charge is -2.14. The van der Waals surface area contributed by atoms with E-state index in [1.807, 2.05) is 7.05 Å². The first-order valence-electron chi connectivity index (χ1n) is 5.38. The predicted octanol–water partition coefficient (Wildman–Crippen LogP) is 1.20. The van der Waals surface area contributed by atoms with Gasteiger partial charge in [0.2, 0.25) is 0 Å². The van der Waals surface area contributed by atoms with Crippen LogP contribution in [-0.4, -0.2) is 33.5 Å². The maximum atomic E-state index is 10.9. The zero-order valence-electron chi connectivity index (χ0n) is 9.12. The summed E-state index contributed by atoms with van der Waals surface area (Å²) in [6, 6.07) is 0.620. The molecular formula is C10H21NO2S. The van der Waals surface area contributed by atoms with Crippen molar-refractivity contribution in [3.63, 3.8) is 0 Å². The summed E-state index contributed by atoms with van der Waals surface area (Å²) in [7, 11) is -0.754. The van der Waals surface area contributed by atoms with Crippen molar-refractivity contribution in [1.82, 2.24) is 5.32 Å². The lowest BCUT2D eigenvalue weighted by atomic mass is 10.1. The van der Waals surface area contributed by atoms with E-state index in [0.29, 0.717) is 11.8 Å². The van der Waals surface area contributed by atoms with E-state index in [-0.39, 0.29) is 0 Å². The molecule has 1 N–H and O–H groups in total. The first-order chi connectivity index (χ1) is 6.53. The van der Waals surface area contributed by atoms with Crippen LogP contribution in [0.15, 0.2) is 0 Å². The van der Waals surface area contributed by atoms with Gasteiger partial charge in [0.15, 0.2) is 0 Å². The van der Waals surface area contributed by atoms with Gasteiger partial charge >= 0.3 is 0 Å². The Kier molecular flexibility index (Phi) is 4.38. The van der Waals surface area contributed by atoms with Crippen molar-refractivity contribution in [2.45, 2.75) is 38.1 Å². The Morgan fingerprint density at radius 3 is 2.43 bits per heavy atom. The maximum absolute atomic E-state index is 10.9. The maximum Gasteiger partial charge on any atom is 0.147 e. The molecule has 0 heterocycles. The van der Waals surface area contributed by atoms with Crippen molar-refractivity contribution in [3.8, 4) is 0 Å². The Morgan fingerprint density at radius 1 is 1.36 bits per heavy atom. The number of unbranched alkanes of at least 4 members (excludes halogenated alkanes) is 1. The van der Waals surface area contributed by atoms with Crippen LogP contribution < -0.4 is 5.32 Å². The summed E-state index contributed by atoms with van der Waals surface area (Å²) in [5.41, 5.74) is 0. The third-order valence-electron chi connectivity index (χ3n) is 2.84. The number of rotatable bonds is 7. The number of hydrogen-bond donors (Lipinski definition) is 1. The Hall–Kier alpha value is -0.0900. The van der Waals surface area contributed by atoms with E-state index in [1.165, 1.54) is 19.1 Å². The number of sulfone groups is 1. The van der Waals surface area contributed by atoms with Crippen LogP contribution in [0.4, 0.5) is 0 Å². The molecule has 4 heteroatoms. The monoisotopic (exact) mass is 219 g/mol. The van der Waals surface area contributed by atoms with Crippen molar-refractivity contribution in [3.05, 3.63) is 0 Å². The van der Waals surface area contributed by atoms with E-state index in [9.17, 15) is 8.42 Å². The summed E-state index contributed by atoms with van der Waals surface area (Å²) < 4.78 is 21.8. The first kappa shape index (κ1) is 12.0. The molecule has 1 fully saturated rings. The summed E-state index contributed by atoms with van der Waals surface area (Å²) >= 11 is 0. The molecule has 0 aromatic rings. The van der Waals surface area contributed by atoms with E-state index < -0.39 is 9.84 Å². The van der Waals surface area contributed by atoms with Gasteiger partial charge in [-0.3, -0.25) is 0 Å². The van der Waals surface area contributed by atoms with Crippen LogP contribution in [-0.2, 0) is 9.84 Å². The molecule has 0 radical (unpaired) electrons. The highest BCUT2D eigenvalue weighted by atomic mass is 32.2. The van der Waals surface area contributed by atoms with Gasteiger partial charge in [-0.15, -0.1) is 0 Å². The molecule has 3 nitrogen and oxygen atoms in total. The van der Waals surface area contributed by atoms with Gasteiger partial charge in [0.25, 0.3) is 0 Å². The van der Waals surface area contributed by atoms with Crippen molar-refractivity contribution < 1.29 is 8.42 Å². The van der Waals surface area contributed by atoms with Crippen LogP contribution in [0, 0.1) is 5.92 Å². The normalized spacial score (nSPS) is 19.6. The highest BCUT2D eigenvalue weighted by Crippen LogP contribution is 2.34. The van der Waals surface area contributed by atoms with Crippen molar-refractivity contribution in [2.24, 2.45) is 5.92 Å². The average Bonchev–Trinajstić information content (AvgIpc) is 2.86. The van der Waals surface area contributed by atoms with Gasteiger partial charge in [-0.25, -0.2) is 8.42 Å². The lowest BCUT2D eigenvalue weighted by Crippen LogP contribution is -2.27. The molecule has 1 aliphatic rings. The van der Waals surface area contributed by atoms with Crippen LogP contribution in [0.1, 0.15) is 32.1 Å². The first-order valence-corrected chi connectivity index (χ1v) is 7.44. The second-order valence-electron chi connectivity index (χ2n) is 4.36. The minimum absolute atomic E-state index is 0.341. The van der Waals surface area contributed by atoms with E-state index >= 15 is 0 Å². The van der Waals surface area contributed by atoms with Gasteiger partial charge in [0.1, 0.15) is 9.84 Å². The molecule has 0 saturated heterocycles. The standard InChI is InChI=1S/C10H21NO2S/c1-11-10(9-6-7-9)5-3-4-8-14(2,12)13/h9-11H,3-8H2,1-2H3. The fraction of sp³-hybridized carbons (Fsp3) is 1.00. The summed E-state index contributed by atoms with van der Waals surface area (Å²) in [6.07, 6.45) is 6.95. The van der Waals surface area contributed by atoms with Crippen LogP contribution in [0.5, 0.6) is 0 Å². The Balaban J connectivity index is 2.07. The van der Waals surface area contributed by atoms with Gasteiger partial charge in [-0.1, -0.05) is 6.42 Å². The molecular weight excluding hydrogens is 198 g/mol. The molecule has 1 unspecified atom stereocenters. The topological polar surface area (TPSA) is 46.2 Å². The minimum Gasteiger partial charge on any atom is -0.317 e. The molecule has 1 atom stereocenters. The SMILES string of the molecule is CNC(CCCCS(C)(=O)=O)C1CC1. The molecule has 0 aromatic carbocycles. The van der Waals surface area contributed by atoms with Crippen molar-refractivity contribution in [1.29, 1.82) is 0 Å². The van der Waals surface area contributed by atoms with Crippen LogP contribution in [0.25, 0.3) is 0 Å². The van der Waals surface area contributed by atoms with Gasteiger partial charge in [-0.05, 0) is 38.6 Å². The molecule has 1 saturated carbocycles. The Labute approximate surface area is 87.2 Å². The van der Waals surface area contributed by atoms with Crippen LogP contribution in [0.3, 0.4) is 0 Å². The predicted molar refractivity (Wildman–Crippen MR) is 59.1 cm³/mol. The Bertz CT molecular complexity index is 257. The molecule has 0 amide bonds. The van der Waals surface area contributed by atoms with Gasteiger partial charge < -0.3 is 5.32 Å². The van der Waals surface area contributed by atoms with Gasteiger partial charge in [0.05, 0.1) is 0 Å². The minimum atomic E-state index is -2.75. The molecule has 84 valence electrons. The van der Waals surface area contributed by atoms with E-state index in [1.54, 1.807) is 0 Å². The quantitative estimate of drug-likeness (QED) is 0.654. The molecule has 14 heavy (non-hydrogen) atoms. The lowest BCUT2D eigenvalue weighted by molar-refractivity contribution is 0.453. The second-order valence-corrected chi connectivity index (χ2v) is 6.62. The summed E-state index contributed by atoms with van der Waals surface area (Å²) in [4.78, 5) is 0. The fourth-order valence-corrected chi connectivity index (χ4v) is 2.57.